The van der Waals surface area contributed by atoms with E-state index in [2.05, 4.69) is 0 Å². The van der Waals surface area contributed by atoms with Crippen molar-refractivity contribution in [2.24, 2.45) is 5.73 Å². The van der Waals surface area contributed by atoms with Crippen LogP contribution in [0, 0.1) is 5.82 Å². The number of thioether (sulfide) groups is 1. The second kappa shape index (κ2) is 5.22. The fourth-order valence-electron chi connectivity index (χ4n) is 1.35. The van der Waals surface area contributed by atoms with Gasteiger partial charge in [-0.25, -0.2) is 4.39 Å². The smallest absolute Gasteiger partial charge is 0.135 e. The van der Waals surface area contributed by atoms with E-state index in [1.807, 2.05) is 6.26 Å². The molecule has 1 aromatic carbocycles. The largest absolute Gasteiger partial charge is 0.495 e. The third kappa shape index (κ3) is 2.39. The molecule has 4 heteroatoms. The first-order chi connectivity index (χ1) is 6.72. The highest BCUT2D eigenvalue weighted by molar-refractivity contribution is 7.98. The molecule has 78 valence electrons. The van der Waals surface area contributed by atoms with Crippen LogP contribution in [-0.4, -0.2) is 19.9 Å². The number of benzene rings is 1. The highest BCUT2D eigenvalue weighted by atomic mass is 32.2. The normalized spacial score (nSPS) is 10.3. The lowest BCUT2D eigenvalue weighted by Gasteiger charge is -2.11. The van der Waals surface area contributed by atoms with Crippen LogP contribution in [0.3, 0.4) is 0 Å². The molecule has 0 heterocycles. The second-order valence-corrected chi connectivity index (χ2v) is 3.69. The van der Waals surface area contributed by atoms with Gasteiger partial charge in [-0.1, -0.05) is 0 Å². The number of hydrogen-bond acceptors (Lipinski definition) is 3. The second-order valence-electron chi connectivity index (χ2n) is 2.84. The maximum atomic E-state index is 13.1. The van der Waals surface area contributed by atoms with Crippen molar-refractivity contribution in [2.45, 2.75) is 11.3 Å². The first kappa shape index (κ1) is 11.3. The minimum absolute atomic E-state index is 0.237. The predicted octanol–water partition coefficient (Wildman–Crippen LogP) is 2.06. The molecule has 0 radical (unpaired) electrons. The molecule has 14 heavy (non-hydrogen) atoms. The monoisotopic (exact) mass is 215 g/mol. The lowest BCUT2D eigenvalue weighted by atomic mass is 10.1. The van der Waals surface area contributed by atoms with Crippen molar-refractivity contribution < 1.29 is 9.13 Å². The van der Waals surface area contributed by atoms with Gasteiger partial charge >= 0.3 is 0 Å². The third-order valence-electron chi connectivity index (χ3n) is 1.93. The molecule has 0 aliphatic rings. The van der Waals surface area contributed by atoms with E-state index in [4.69, 9.17) is 10.5 Å². The molecule has 0 atom stereocenters. The van der Waals surface area contributed by atoms with Crippen LogP contribution in [0.4, 0.5) is 4.39 Å². The molecule has 0 amide bonds. The molecule has 0 aliphatic carbocycles. The molecule has 0 bridgehead atoms. The summed E-state index contributed by atoms with van der Waals surface area (Å²) in [6.07, 6.45) is 2.53. The topological polar surface area (TPSA) is 35.2 Å². The number of halogens is 1. The lowest BCUT2D eigenvalue weighted by Crippen LogP contribution is -2.05. The van der Waals surface area contributed by atoms with E-state index in [1.165, 1.54) is 23.9 Å². The van der Waals surface area contributed by atoms with Gasteiger partial charge in [0.05, 0.1) is 12.0 Å². The van der Waals surface area contributed by atoms with E-state index >= 15 is 0 Å². The van der Waals surface area contributed by atoms with Gasteiger partial charge in [0, 0.05) is 0 Å². The average Bonchev–Trinajstić information content (AvgIpc) is 2.17. The van der Waals surface area contributed by atoms with Gasteiger partial charge in [-0.3, -0.25) is 0 Å². The van der Waals surface area contributed by atoms with Gasteiger partial charge in [0.1, 0.15) is 11.6 Å². The molecular weight excluding hydrogens is 201 g/mol. The molecule has 2 N–H and O–H groups in total. The van der Waals surface area contributed by atoms with Crippen molar-refractivity contribution in [3.05, 3.63) is 23.5 Å². The summed E-state index contributed by atoms with van der Waals surface area (Å²) in [4.78, 5) is 0.816. The van der Waals surface area contributed by atoms with Crippen molar-refractivity contribution in [3.63, 3.8) is 0 Å². The Labute approximate surface area is 87.6 Å². The van der Waals surface area contributed by atoms with Gasteiger partial charge < -0.3 is 10.5 Å². The molecule has 2 nitrogen and oxygen atoms in total. The average molecular weight is 215 g/mol. The zero-order chi connectivity index (χ0) is 10.6. The summed E-state index contributed by atoms with van der Waals surface area (Å²) in [5.74, 6) is 0.503. The van der Waals surface area contributed by atoms with Crippen molar-refractivity contribution in [1.82, 2.24) is 0 Å². The molecule has 0 aromatic heterocycles. The molecule has 1 aromatic rings. The van der Waals surface area contributed by atoms with Crippen LogP contribution in [0.1, 0.15) is 5.56 Å². The molecule has 0 fully saturated rings. The summed E-state index contributed by atoms with van der Waals surface area (Å²) < 4.78 is 18.4. The predicted molar refractivity (Wildman–Crippen MR) is 57.5 cm³/mol. The van der Waals surface area contributed by atoms with Crippen LogP contribution in [0.25, 0.3) is 0 Å². The van der Waals surface area contributed by atoms with Crippen molar-refractivity contribution in [3.8, 4) is 5.75 Å². The zero-order valence-electron chi connectivity index (χ0n) is 8.34. The van der Waals surface area contributed by atoms with Gasteiger partial charge in [0.15, 0.2) is 0 Å². The number of rotatable bonds is 4. The summed E-state index contributed by atoms with van der Waals surface area (Å²) in [6.45, 7) is 0.494. The Morgan fingerprint density at radius 3 is 2.71 bits per heavy atom. The zero-order valence-corrected chi connectivity index (χ0v) is 9.16. The van der Waals surface area contributed by atoms with Gasteiger partial charge in [0.25, 0.3) is 0 Å². The minimum Gasteiger partial charge on any atom is -0.495 e. The van der Waals surface area contributed by atoms with Crippen molar-refractivity contribution in [2.75, 3.05) is 19.9 Å². The van der Waals surface area contributed by atoms with Gasteiger partial charge in [0.2, 0.25) is 0 Å². The highest BCUT2D eigenvalue weighted by Gasteiger charge is 2.10. The Kier molecular flexibility index (Phi) is 4.22. The quantitative estimate of drug-likeness (QED) is 0.781. The first-order valence-electron chi connectivity index (χ1n) is 4.33. The van der Waals surface area contributed by atoms with E-state index in [0.29, 0.717) is 13.0 Å². The molecule has 0 saturated carbocycles. The highest BCUT2D eigenvalue weighted by Crippen LogP contribution is 2.32. The number of nitrogens with two attached hydrogens (primary N) is 1. The van der Waals surface area contributed by atoms with Crippen LogP contribution in [0.2, 0.25) is 0 Å². The van der Waals surface area contributed by atoms with Crippen LogP contribution < -0.4 is 10.5 Å². The van der Waals surface area contributed by atoms with Crippen LogP contribution in [0.15, 0.2) is 17.0 Å². The summed E-state index contributed by atoms with van der Waals surface area (Å²) in [5.41, 5.74) is 6.27. The summed E-state index contributed by atoms with van der Waals surface area (Å²) >= 11 is 1.47. The molecule has 0 spiro atoms. The van der Waals surface area contributed by atoms with Crippen molar-refractivity contribution in [1.29, 1.82) is 0 Å². The Morgan fingerprint density at radius 2 is 2.21 bits per heavy atom. The van der Waals surface area contributed by atoms with E-state index < -0.39 is 0 Å². The lowest BCUT2D eigenvalue weighted by molar-refractivity contribution is 0.397. The Balaban J connectivity index is 3.17. The molecule has 1 rings (SSSR count). The summed E-state index contributed by atoms with van der Waals surface area (Å²) in [7, 11) is 1.59. The minimum atomic E-state index is -0.237. The van der Waals surface area contributed by atoms with E-state index in [-0.39, 0.29) is 5.82 Å². The molecular formula is C10H14FNOS. The maximum Gasteiger partial charge on any atom is 0.135 e. The molecule has 0 aliphatic heterocycles. The van der Waals surface area contributed by atoms with Crippen LogP contribution in [-0.2, 0) is 6.42 Å². The van der Waals surface area contributed by atoms with Gasteiger partial charge in [-0.05, 0) is 36.9 Å². The van der Waals surface area contributed by atoms with Gasteiger partial charge in [-0.15, -0.1) is 11.8 Å². The van der Waals surface area contributed by atoms with E-state index in [0.717, 1.165) is 16.2 Å². The number of hydrogen-bond donors (Lipinski definition) is 1. The van der Waals surface area contributed by atoms with Crippen LogP contribution >= 0.6 is 11.8 Å². The van der Waals surface area contributed by atoms with Gasteiger partial charge in [-0.2, -0.15) is 0 Å². The standard InChI is InChI=1S/C10H14FNOS/c1-13-10-7(3-4-12)5-8(11)6-9(10)14-2/h5-6H,3-4,12H2,1-2H3. The van der Waals surface area contributed by atoms with Crippen LogP contribution in [0.5, 0.6) is 5.75 Å². The third-order valence-corrected chi connectivity index (χ3v) is 2.68. The van der Waals surface area contributed by atoms with Crippen molar-refractivity contribution >= 4 is 11.8 Å². The first-order valence-corrected chi connectivity index (χ1v) is 5.55. The number of methoxy groups -OCH3 is 1. The summed E-state index contributed by atoms with van der Waals surface area (Å²) in [6, 6.07) is 2.95. The summed E-state index contributed by atoms with van der Waals surface area (Å²) in [5, 5.41) is 0. The fraction of sp³-hybridized carbons (Fsp3) is 0.400. The molecule has 0 saturated heterocycles. The molecule has 0 unspecified atom stereocenters. The SMILES string of the molecule is COc1c(CCN)cc(F)cc1SC. The number of ether oxygens (including phenoxy) is 1. The Hall–Kier alpha value is -0.740. The Bertz CT molecular complexity index is 317. The fourth-order valence-corrected chi connectivity index (χ4v) is 1.98. The Morgan fingerprint density at radius 1 is 1.50 bits per heavy atom. The van der Waals surface area contributed by atoms with E-state index in [9.17, 15) is 4.39 Å². The van der Waals surface area contributed by atoms with E-state index in [1.54, 1.807) is 7.11 Å². The maximum absolute atomic E-state index is 13.1.